The normalized spacial score (nSPS) is 12.0. The molecule has 0 radical (unpaired) electrons. The number of nitrogens with zero attached hydrogens (tertiary/aromatic N) is 2. The van der Waals surface area contributed by atoms with Crippen LogP contribution in [0.5, 0.6) is 0 Å². The molecule has 0 saturated carbocycles. The van der Waals surface area contributed by atoms with E-state index in [0.717, 1.165) is 11.1 Å². The number of aromatic amines is 1. The second-order valence-electron chi connectivity index (χ2n) is 3.45. The largest absolute Gasteiger partial charge is 0.347 e. The molecule has 74 valence electrons. The van der Waals surface area contributed by atoms with Crippen LogP contribution in [0.15, 0.2) is 36.7 Å². The molecule has 2 rings (SSSR count). The van der Waals surface area contributed by atoms with Crippen LogP contribution >= 0.6 is 0 Å². The van der Waals surface area contributed by atoms with Gasteiger partial charge in [0.2, 0.25) is 0 Å². The number of hydrogen-bond acceptors (Lipinski definition) is 2. The molecule has 1 heterocycles. The monoisotopic (exact) mass is 197 g/mol. The van der Waals surface area contributed by atoms with Crippen LogP contribution < -0.4 is 0 Å². The summed E-state index contributed by atoms with van der Waals surface area (Å²) in [6, 6.07) is 10.2. The van der Waals surface area contributed by atoms with Gasteiger partial charge >= 0.3 is 0 Å². The molecule has 1 aromatic heterocycles. The van der Waals surface area contributed by atoms with Crippen molar-refractivity contribution in [2.45, 2.75) is 12.8 Å². The number of H-pyrrole nitrogens is 1. The third-order valence-corrected chi connectivity index (χ3v) is 2.30. The molecular weight excluding hydrogens is 186 g/mol. The first-order valence-electron chi connectivity index (χ1n) is 4.76. The first-order chi connectivity index (χ1) is 7.31. The summed E-state index contributed by atoms with van der Waals surface area (Å²) in [5.74, 6) is 0.392. The van der Waals surface area contributed by atoms with Gasteiger partial charge in [-0.1, -0.05) is 29.8 Å². The highest BCUT2D eigenvalue weighted by molar-refractivity contribution is 5.34. The van der Waals surface area contributed by atoms with Crippen molar-refractivity contribution in [1.29, 1.82) is 5.26 Å². The lowest BCUT2D eigenvalue weighted by Crippen LogP contribution is -2.00. The van der Waals surface area contributed by atoms with Gasteiger partial charge in [0.1, 0.15) is 11.7 Å². The third kappa shape index (κ3) is 1.89. The zero-order valence-corrected chi connectivity index (χ0v) is 8.44. The Morgan fingerprint density at radius 1 is 1.47 bits per heavy atom. The van der Waals surface area contributed by atoms with Crippen LogP contribution in [-0.4, -0.2) is 9.97 Å². The molecule has 1 unspecified atom stereocenters. The summed E-state index contributed by atoms with van der Waals surface area (Å²) in [6.07, 6.45) is 3.39. The van der Waals surface area contributed by atoms with E-state index in [9.17, 15) is 0 Å². The number of nitrogens with one attached hydrogen (secondary N) is 1. The minimum atomic E-state index is -0.306. The van der Waals surface area contributed by atoms with E-state index in [1.165, 1.54) is 0 Å². The number of rotatable bonds is 2. The fourth-order valence-electron chi connectivity index (χ4n) is 1.58. The second kappa shape index (κ2) is 3.97. The van der Waals surface area contributed by atoms with E-state index in [1.54, 1.807) is 12.4 Å². The Bertz CT molecular complexity index is 480. The van der Waals surface area contributed by atoms with Gasteiger partial charge in [-0.3, -0.25) is 0 Å². The van der Waals surface area contributed by atoms with Crippen molar-refractivity contribution in [1.82, 2.24) is 9.97 Å². The average Bonchev–Trinajstić information content (AvgIpc) is 2.72. The number of hydrogen-bond donors (Lipinski definition) is 1. The number of aromatic nitrogens is 2. The fourth-order valence-corrected chi connectivity index (χ4v) is 1.58. The Balaban J connectivity index is 2.41. The number of aryl methyl sites for hydroxylation is 1. The van der Waals surface area contributed by atoms with Gasteiger partial charge in [0.15, 0.2) is 0 Å². The van der Waals surface area contributed by atoms with Crippen molar-refractivity contribution in [3.05, 3.63) is 53.6 Å². The molecule has 2 aromatic rings. The molecule has 0 bridgehead atoms. The number of imidazole rings is 1. The van der Waals surface area contributed by atoms with Crippen LogP contribution in [0.1, 0.15) is 22.9 Å². The van der Waals surface area contributed by atoms with Gasteiger partial charge in [0.25, 0.3) is 0 Å². The first kappa shape index (κ1) is 9.47. The van der Waals surface area contributed by atoms with Gasteiger partial charge in [-0.05, 0) is 12.5 Å². The Labute approximate surface area is 88.4 Å². The molecule has 1 aromatic carbocycles. The van der Waals surface area contributed by atoms with Crippen molar-refractivity contribution >= 4 is 0 Å². The zero-order chi connectivity index (χ0) is 10.7. The van der Waals surface area contributed by atoms with Crippen molar-refractivity contribution in [3.63, 3.8) is 0 Å². The van der Waals surface area contributed by atoms with Crippen LogP contribution in [0.3, 0.4) is 0 Å². The van der Waals surface area contributed by atoms with E-state index in [1.807, 2.05) is 31.2 Å². The molecule has 0 aliphatic carbocycles. The molecule has 0 amide bonds. The smallest absolute Gasteiger partial charge is 0.129 e. The summed E-state index contributed by atoms with van der Waals surface area (Å²) in [4.78, 5) is 7.09. The highest BCUT2D eigenvalue weighted by Gasteiger charge is 2.15. The highest BCUT2D eigenvalue weighted by atomic mass is 14.9. The van der Waals surface area contributed by atoms with Gasteiger partial charge in [-0.2, -0.15) is 5.26 Å². The summed E-state index contributed by atoms with van der Waals surface area (Å²) in [5, 5.41) is 9.13. The zero-order valence-electron chi connectivity index (χ0n) is 8.44. The van der Waals surface area contributed by atoms with E-state index in [4.69, 9.17) is 5.26 Å². The van der Waals surface area contributed by atoms with E-state index in [0.29, 0.717) is 5.82 Å². The summed E-state index contributed by atoms with van der Waals surface area (Å²) < 4.78 is 0. The van der Waals surface area contributed by atoms with E-state index < -0.39 is 0 Å². The maximum absolute atomic E-state index is 9.13. The lowest BCUT2D eigenvalue weighted by Gasteiger charge is -2.06. The van der Waals surface area contributed by atoms with E-state index in [2.05, 4.69) is 16.0 Å². The standard InChI is InChI=1S/C12H11N3/c1-9-3-2-4-10(7-9)11(8-13)12-14-5-6-15-12/h2-7,11H,1H3,(H,14,15). The van der Waals surface area contributed by atoms with Crippen molar-refractivity contribution in [2.75, 3.05) is 0 Å². The highest BCUT2D eigenvalue weighted by Crippen LogP contribution is 2.21. The first-order valence-corrected chi connectivity index (χ1v) is 4.76. The summed E-state index contributed by atoms with van der Waals surface area (Å²) in [7, 11) is 0. The molecule has 0 spiro atoms. The van der Waals surface area contributed by atoms with Gasteiger partial charge in [0.05, 0.1) is 6.07 Å². The minimum absolute atomic E-state index is 0.306. The Hall–Kier alpha value is -2.08. The maximum Gasteiger partial charge on any atom is 0.129 e. The molecule has 0 aliphatic rings. The summed E-state index contributed by atoms with van der Waals surface area (Å²) >= 11 is 0. The average molecular weight is 197 g/mol. The van der Waals surface area contributed by atoms with Gasteiger partial charge < -0.3 is 4.98 Å². The van der Waals surface area contributed by atoms with Crippen LogP contribution in [0, 0.1) is 18.3 Å². The van der Waals surface area contributed by atoms with Crippen molar-refractivity contribution in [3.8, 4) is 6.07 Å². The molecule has 3 heteroatoms. The predicted octanol–water partition coefficient (Wildman–Crippen LogP) is 2.37. The second-order valence-corrected chi connectivity index (χ2v) is 3.45. The fraction of sp³-hybridized carbons (Fsp3) is 0.167. The maximum atomic E-state index is 9.13. The van der Waals surface area contributed by atoms with E-state index in [-0.39, 0.29) is 5.92 Å². The third-order valence-electron chi connectivity index (χ3n) is 2.30. The van der Waals surface area contributed by atoms with Crippen LogP contribution in [0.4, 0.5) is 0 Å². The van der Waals surface area contributed by atoms with Crippen molar-refractivity contribution < 1.29 is 0 Å². The molecular formula is C12H11N3. The Morgan fingerprint density at radius 2 is 2.33 bits per heavy atom. The quantitative estimate of drug-likeness (QED) is 0.803. The van der Waals surface area contributed by atoms with Gasteiger partial charge in [-0.25, -0.2) is 4.98 Å². The Kier molecular flexibility index (Phi) is 2.51. The molecule has 0 aliphatic heterocycles. The van der Waals surface area contributed by atoms with Crippen molar-refractivity contribution in [2.24, 2.45) is 0 Å². The van der Waals surface area contributed by atoms with Crippen LogP contribution in [0.25, 0.3) is 0 Å². The SMILES string of the molecule is Cc1cccc(C(C#N)c2ncc[nH]2)c1. The number of nitriles is 1. The molecule has 0 saturated heterocycles. The minimum Gasteiger partial charge on any atom is -0.347 e. The lowest BCUT2D eigenvalue weighted by molar-refractivity contribution is 0.925. The lowest BCUT2D eigenvalue weighted by atomic mass is 9.98. The number of benzene rings is 1. The van der Waals surface area contributed by atoms with Crippen LogP contribution in [0.2, 0.25) is 0 Å². The van der Waals surface area contributed by atoms with Crippen LogP contribution in [-0.2, 0) is 0 Å². The van der Waals surface area contributed by atoms with Gasteiger partial charge in [-0.15, -0.1) is 0 Å². The predicted molar refractivity (Wildman–Crippen MR) is 57.2 cm³/mol. The topological polar surface area (TPSA) is 52.5 Å². The van der Waals surface area contributed by atoms with E-state index >= 15 is 0 Å². The summed E-state index contributed by atoms with van der Waals surface area (Å²) in [6.45, 7) is 2.01. The van der Waals surface area contributed by atoms with Gasteiger partial charge in [0, 0.05) is 12.4 Å². The molecule has 15 heavy (non-hydrogen) atoms. The summed E-state index contributed by atoms with van der Waals surface area (Å²) in [5.41, 5.74) is 2.13. The molecule has 1 N–H and O–H groups in total. The Morgan fingerprint density at radius 3 is 2.93 bits per heavy atom. The molecule has 3 nitrogen and oxygen atoms in total. The molecule has 0 fully saturated rings. The molecule has 1 atom stereocenters.